The summed E-state index contributed by atoms with van der Waals surface area (Å²) in [7, 11) is 1.81. The van der Waals surface area contributed by atoms with Crippen LogP contribution in [0.25, 0.3) is 0 Å². The lowest BCUT2D eigenvalue weighted by molar-refractivity contribution is -0.114. The zero-order valence-electron chi connectivity index (χ0n) is 14.0. The molecule has 0 radical (unpaired) electrons. The Bertz CT molecular complexity index is 773. The molecule has 0 bridgehead atoms. The molecule has 0 spiro atoms. The summed E-state index contributed by atoms with van der Waals surface area (Å²) in [6.45, 7) is 1.42. The Kier molecular flexibility index (Phi) is 4.60. The molecule has 1 heterocycles. The molecule has 1 aliphatic carbocycles. The quantitative estimate of drug-likeness (QED) is 0.944. The summed E-state index contributed by atoms with van der Waals surface area (Å²) in [5, 5.41) is 2.68. The van der Waals surface area contributed by atoms with Gasteiger partial charge in [0.1, 0.15) is 0 Å². The van der Waals surface area contributed by atoms with Crippen molar-refractivity contribution in [3.05, 3.63) is 59.4 Å². The smallest absolute Gasteiger partial charge is 0.274 e. The number of amides is 2. The first-order valence-electron chi connectivity index (χ1n) is 8.13. The van der Waals surface area contributed by atoms with Crippen LogP contribution < -0.4 is 5.32 Å². The third-order valence-corrected chi connectivity index (χ3v) is 4.51. The highest BCUT2D eigenvalue weighted by Gasteiger charge is 2.27. The van der Waals surface area contributed by atoms with E-state index in [1.54, 1.807) is 23.2 Å². The normalized spacial score (nSPS) is 16.2. The minimum absolute atomic E-state index is 0.139. The highest BCUT2D eigenvalue weighted by molar-refractivity contribution is 6.01. The molecule has 124 valence electrons. The van der Waals surface area contributed by atoms with Gasteiger partial charge in [0, 0.05) is 26.2 Å². The zero-order valence-corrected chi connectivity index (χ0v) is 14.0. The lowest BCUT2D eigenvalue weighted by Gasteiger charge is -2.32. The van der Waals surface area contributed by atoms with Crippen LogP contribution in [0.3, 0.4) is 0 Å². The number of nitrogens with one attached hydrogen (secondary N) is 1. The van der Waals surface area contributed by atoms with Crippen molar-refractivity contribution in [1.29, 1.82) is 0 Å². The zero-order chi connectivity index (χ0) is 17.1. The number of aryl methyl sites for hydroxylation is 1. The summed E-state index contributed by atoms with van der Waals surface area (Å²) in [4.78, 5) is 30.1. The van der Waals surface area contributed by atoms with E-state index >= 15 is 0 Å². The Balaban J connectivity index is 1.80. The van der Waals surface area contributed by atoms with E-state index in [0.717, 1.165) is 19.3 Å². The second-order valence-corrected chi connectivity index (χ2v) is 6.16. The molecule has 2 amide bonds. The molecule has 1 aromatic heterocycles. The first-order valence-corrected chi connectivity index (χ1v) is 8.13. The molecular formula is C19H21N3O2. The Labute approximate surface area is 141 Å². The van der Waals surface area contributed by atoms with Gasteiger partial charge in [-0.15, -0.1) is 0 Å². The van der Waals surface area contributed by atoms with Gasteiger partial charge in [-0.05, 0) is 42.5 Å². The summed E-state index contributed by atoms with van der Waals surface area (Å²) in [6, 6.07) is 11.9. The van der Waals surface area contributed by atoms with Crippen LogP contribution in [0.15, 0.2) is 42.6 Å². The van der Waals surface area contributed by atoms with Gasteiger partial charge < -0.3 is 10.2 Å². The maximum absolute atomic E-state index is 12.9. The molecule has 2 aromatic rings. The van der Waals surface area contributed by atoms with Crippen molar-refractivity contribution in [2.24, 2.45) is 0 Å². The number of likely N-dealkylation sites (N-methyl/N-ethyl adjacent to an activating group) is 1. The molecule has 0 aliphatic heterocycles. The van der Waals surface area contributed by atoms with Gasteiger partial charge in [-0.2, -0.15) is 0 Å². The van der Waals surface area contributed by atoms with Crippen LogP contribution in [-0.4, -0.2) is 34.8 Å². The SMILES string of the molecule is CC(=O)Nc1cccnc1C(=O)N(C)C1CCc2ccccc2C1. The van der Waals surface area contributed by atoms with E-state index in [1.807, 2.05) is 13.1 Å². The van der Waals surface area contributed by atoms with Gasteiger partial charge in [0.15, 0.2) is 5.69 Å². The first-order chi connectivity index (χ1) is 11.6. The second-order valence-electron chi connectivity index (χ2n) is 6.16. The fourth-order valence-corrected chi connectivity index (χ4v) is 3.21. The molecule has 0 fully saturated rings. The van der Waals surface area contributed by atoms with Crippen LogP contribution in [0, 0.1) is 0 Å². The minimum Gasteiger partial charge on any atom is -0.337 e. The number of hydrogen-bond donors (Lipinski definition) is 1. The standard InChI is InChI=1S/C19H21N3O2/c1-13(23)21-17-8-5-11-20-18(17)19(24)22(2)16-10-9-14-6-3-4-7-15(14)12-16/h3-8,11,16H,9-10,12H2,1-2H3,(H,21,23). The molecule has 5 heteroatoms. The molecule has 5 nitrogen and oxygen atoms in total. The maximum atomic E-state index is 12.9. The van der Waals surface area contributed by atoms with Gasteiger partial charge in [0.25, 0.3) is 5.91 Å². The average molecular weight is 323 g/mol. The van der Waals surface area contributed by atoms with E-state index in [0.29, 0.717) is 5.69 Å². The fraction of sp³-hybridized carbons (Fsp3) is 0.316. The molecule has 1 N–H and O–H groups in total. The molecule has 1 unspecified atom stereocenters. The monoisotopic (exact) mass is 323 g/mol. The Hall–Kier alpha value is -2.69. The van der Waals surface area contributed by atoms with Gasteiger partial charge in [-0.25, -0.2) is 4.98 Å². The fourth-order valence-electron chi connectivity index (χ4n) is 3.21. The largest absolute Gasteiger partial charge is 0.337 e. The summed E-state index contributed by atoms with van der Waals surface area (Å²) in [6.07, 6.45) is 4.32. The van der Waals surface area contributed by atoms with E-state index in [4.69, 9.17) is 0 Å². The van der Waals surface area contributed by atoms with Crippen molar-refractivity contribution >= 4 is 17.5 Å². The number of pyridine rings is 1. The van der Waals surface area contributed by atoms with Crippen LogP contribution in [0.2, 0.25) is 0 Å². The first kappa shape index (κ1) is 16.2. The van der Waals surface area contributed by atoms with Crippen LogP contribution >= 0.6 is 0 Å². The highest BCUT2D eigenvalue weighted by Crippen LogP contribution is 2.25. The molecule has 24 heavy (non-hydrogen) atoms. The lowest BCUT2D eigenvalue weighted by atomic mass is 9.87. The molecule has 1 aromatic carbocycles. The van der Waals surface area contributed by atoms with Gasteiger partial charge >= 0.3 is 0 Å². The van der Waals surface area contributed by atoms with E-state index < -0.39 is 0 Å². The van der Waals surface area contributed by atoms with E-state index in [-0.39, 0.29) is 23.6 Å². The van der Waals surface area contributed by atoms with Crippen molar-refractivity contribution in [3.8, 4) is 0 Å². The Morgan fingerprint density at radius 3 is 2.67 bits per heavy atom. The number of rotatable bonds is 3. The predicted octanol–water partition coefficient (Wildman–Crippen LogP) is 2.67. The number of benzene rings is 1. The van der Waals surface area contributed by atoms with Gasteiger partial charge in [-0.3, -0.25) is 9.59 Å². The topological polar surface area (TPSA) is 62.3 Å². The molecule has 3 rings (SSSR count). The summed E-state index contributed by atoms with van der Waals surface area (Å²) in [5.74, 6) is -0.380. The Morgan fingerprint density at radius 1 is 1.17 bits per heavy atom. The third kappa shape index (κ3) is 3.30. The molecule has 1 aliphatic rings. The number of hydrogen-bond acceptors (Lipinski definition) is 3. The van der Waals surface area contributed by atoms with Crippen molar-refractivity contribution < 1.29 is 9.59 Å². The Morgan fingerprint density at radius 2 is 1.92 bits per heavy atom. The van der Waals surface area contributed by atoms with Crippen LogP contribution in [0.4, 0.5) is 5.69 Å². The molecular weight excluding hydrogens is 302 g/mol. The lowest BCUT2D eigenvalue weighted by Crippen LogP contribution is -2.41. The number of fused-ring (bicyclic) bond motifs is 1. The van der Waals surface area contributed by atoms with Crippen LogP contribution in [-0.2, 0) is 17.6 Å². The number of anilines is 1. The van der Waals surface area contributed by atoms with Gasteiger partial charge in [0.2, 0.25) is 5.91 Å². The van der Waals surface area contributed by atoms with Crippen molar-refractivity contribution in [2.75, 3.05) is 12.4 Å². The van der Waals surface area contributed by atoms with E-state index in [9.17, 15) is 9.59 Å². The minimum atomic E-state index is -0.216. The van der Waals surface area contributed by atoms with Crippen molar-refractivity contribution in [3.63, 3.8) is 0 Å². The van der Waals surface area contributed by atoms with Gasteiger partial charge in [-0.1, -0.05) is 24.3 Å². The second kappa shape index (κ2) is 6.83. The predicted molar refractivity (Wildman–Crippen MR) is 92.9 cm³/mol. The molecule has 0 saturated carbocycles. The van der Waals surface area contributed by atoms with Crippen LogP contribution in [0.1, 0.15) is 35.0 Å². The summed E-state index contributed by atoms with van der Waals surface area (Å²) >= 11 is 0. The summed E-state index contributed by atoms with van der Waals surface area (Å²) in [5.41, 5.74) is 3.41. The molecule has 0 saturated heterocycles. The summed E-state index contributed by atoms with van der Waals surface area (Å²) < 4.78 is 0. The molecule has 1 atom stereocenters. The highest BCUT2D eigenvalue weighted by atomic mass is 16.2. The van der Waals surface area contributed by atoms with Crippen molar-refractivity contribution in [1.82, 2.24) is 9.88 Å². The third-order valence-electron chi connectivity index (χ3n) is 4.51. The van der Waals surface area contributed by atoms with E-state index in [2.05, 4.69) is 28.5 Å². The maximum Gasteiger partial charge on any atom is 0.274 e. The van der Waals surface area contributed by atoms with E-state index in [1.165, 1.54) is 18.1 Å². The van der Waals surface area contributed by atoms with Crippen molar-refractivity contribution in [2.45, 2.75) is 32.2 Å². The average Bonchev–Trinajstić information content (AvgIpc) is 2.60. The van der Waals surface area contributed by atoms with Gasteiger partial charge in [0.05, 0.1) is 5.69 Å². The number of carbonyl (C=O) groups is 2. The number of carbonyl (C=O) groups excluding carboxylic acids is 2. The van der Waals surface area contributed by atoms with Crippen LogP contribution in [0.5, 0.6) is 0 Å². The number of nitrogens with zero attached hydrogens (tertiary/aromatic N) is 2. The number of aromatic nitrogens is 1.